The predicted octanol–water partition coefficient (Wildman–Crippen LogP) is 0.733. The van der Waals surface area contributed by atoms with E-state index in [0.29, 0.717) is 6.54 Å². The van der Waals surface area contributed by atoms with Gasteiger partial charge in [0, 0.05) is 0 Å². The van der Waals surface area contributed by atoms with Crippen LogP contribution < -0.4 is 11.5 Å². The zero-order chi connectivity index (χ0) is 8.97. The highest BCUT2D eigenvalue weighted by Gasteiger charge is 2.35. The lowest BCUT2D eigenvalue weighted by molar-refractivity contribution is -0.118. The Hall–Kier alpha value is 0.290. The molecule has 0 aliphatic carbocycles. The fourth-order valence-electron chi connectivity index (χ4n) is 0.948. The third-order valence-corrected chi connectivity index (χ3v) is 3.76. The summed E-state index contributed by atoms with van der Waals surface area (Å²) in [5.41, 5.74) is 11.0. The average molecular weight is 206 g/mol. The molecule has 1 heterocycles. The summed E-state index contributed by atoms with van der Waals surface area (Å²) in [5, 5.41) is 0. The molecule has 0 radical (unpaired) electrons. The Morgan fingerprint density at radius 3 is 2.58 bits per heavy atom. The summed E-state index contributed by atoms with van der Waals surface area (Å²) in [6.45, 7) is 0.688. The van der Waals surface area contributed by atoms with Gasteiger partial charge in [0.15, 0.2) is 5.78 Å². The van der Waals surface area contributed by atoms with Gasteiger partial charge in [-0.25, -0.2) is 0 Å². The number of carbonyl (C=O) groups excluding carboxylic acids is 1. The number of nitrogens with two attached hydrogens (primary N) is 2. The predicted molar refractivity (Wildman–Crippen MR) is 54.9 cm³/mol. The van der Waals surface area contributed by atoms with Gasteiger partial charge in [0.25, 0.3) is 0 Å². The van der Waals surface area contributed by atoms with Crippen molar-refractivity contribution in [2.45, 2.75) is 29.9 Å². The molecular formula is C7H14N2OS2. The average Bonchev–Trinajstić information content (AvgIpc) is 2.86. The molecule has 0 aromatic carbocycles. The van der Waals surface area contributed by atoms with Crippen LogP contribution in [0.4, 0.5) is 0 Å². The van der Waals surface area contributed by atoms with Gasteiger partial charge in [0.1, 0.15) is 4.58 Å². The largest absolute Gasteiger partial charge is 0.330 e. The summed E-state index contributed by atoms with van der Waals surface area (Å²) in [7, 11) is 3.21. The van der Waals surface area contributed by atoms with E-state index in [-0.39, 0.29) is 16.4 Å². The van der Waals surface area contributed by atoms with E-state index < -0.39 is 0 Å². The van der Waals surface area contributed by atoms with Gasteiger partial charge < -0.3 is 11.5 Å². The quantitative estimate of drug-likeness (QED) is 0.381. The molecule has 1 atom stereocenters. The van der Waals surface area contributed by atoms with Crippen LogP contribution in [0.2, 0.25) is 0 Å². The van der Waals surface area contributed by atoms with Crippen LogP contribution in [0.3, 0.4) is 0 Å². The Morgan fingerprint density at radius 2 is 2.08 bits per heavy atom. The van der Waals surface area contributed by atoms with Crippen molar-refractivity contribution in [3.05, 3.63) is 0 Å². The maximum atomic E-state index is 11.3. The third-order valence-electron chi connectivity index (χ3n) is 1.76. The number of hydrogen-bond donors (Lipinski definition) is 2. The molecule has 0 unspecified atom stereocenters. The second-order valence-corrected chi connectivity index (χ2v) is 5.60. The highest BCUT2D eigenvalue weighted by Crippen LogP contribution is 2.53. The molecule has 70 valence electrons. The third kappa shape index (κ3) is 3.35. The maximum Gasteiger partial charge on any atom is 0.174 e. The highest BCUT2D eigenvalue weighted by atomic mass is 33.2. The van der Waals surface area contributed by atoms with E-state index in [1.165, 1.54) is 0 Å². The maximum absolute atomic E-state index is 11.3. The molecule has 12 heavy (non-hydrogen) atoms. The Balaban J connectivity index is 2.09. The van der Waals surface area contributed by atoms with Gasteiger partial charge in [-0.05, 0) is 19.4 Å². The molecule has 0 spiro atoms. The van der Waals surface area contributed by atoms with Crippen molar-refractivity contribution < 1.29 is 4.79 Å². The van der Waals surface area contributed by atoms with Gasteiger partial charge >= 0.3 is 0 Å². The van der Waals surface area contributed by atoms with Gasteiger partial charge in [-0.15, -0.1) is 0 Å². The lowest BCUT2D eigenvalue weighted by atomic mass is 10.1. The van der Waals surface area contributed by atoms with Crippen LogP contribution in [0.15, 0.2) is 0 Å². The summed E-state index contributed by atoms with van der Waals surface area (Å²) < 4.78 is 0.137. The van der Waals surface area contributed by atoms with E-state index in [4.69, 9.17) is 11.5 Å². The van der Waals surface area contributed by atoms with Crippen LogP contribution >= 0.6 is 21.6 Å². The van der Waals surface area contributed by atoms with Crippen LogP contribution in [-0.2, 0) is 4.79 Å². The second-order valence-electron chi connectivity index (χ2n) is 2.82. The number of unbranched alkanes of at least 4 members (excludes halogenated alkanes) is 1. The van der Waals surface area contributed by atoms with Crippen molar-refractivity contribution in [2.24, 2.45) is 11.5 Å². The van der Waals surface area contributed by atoms with E-state index in [1.54, 1.807) is 21.6 Å². The smallest absolute Gasteiger partial charge is 0.174 e. The van der Waals surface area contributed by atoms with Gasteiger partial charge in [0.05, 0.1) is 6.04 Å². The first-order valence-corrected chi connectivity index (χ1v) is 6.35. The molecule has 5 heteroatoms. The van der Waals surface area contributed by atoms with E-state index in [1.807, 2.05) is 0 Å². The molecule has 1 fully saturated rings. The van der Waals surface area contributed by atoms with E-state index in [9.17, 15) is 4.79 Å². The molecule has 0 aromatic heterocycles. The van der Waals surface area contributed by atoms with Gasteiger partial charge in [-0.3, -0.25) is 4.79 Å². The standard InChI is InChI=1S/C7H14N2OS2/c8-4-2-1-3-5(9)6(10)7-11-12-7/h5,7H,1-4,8-9H2/t5-/m0/s1. The minimum Gasteiger partial charge on any atom is -0.330 e. The Morgan fingerprint density at radius 1 is 1.42 bits per heavy atom. The fraction of sp³-hybridized carbons (Fsp3) is 0.857. The summed E-state index contributed by atoms with van der Waals surface area (Å²) in [4.78, 5) is 11.3. The fourth-order valence-corrected chi connectivity index (χ4v) is 2.28. The molecule has 0 aromatic rings. The van der Waals surface area contributed by atoms with Gasteiger partial charge in [0.2, 0.25) is 0 Å². The summed E-state index contributed by atoms with van der Waals surface area (Å²) in [6, 6.07) is -0.260. The highest BCUT2D eigenvalue weighted by molar-refractivity contribution is 8.93. The molecule has 4 N–H and O–H groups in total. The molecule has 1 aliphatic heterocycles. The number of ketones is 1. The molecule has 1 saturated heterocycles. The zero-order valence-corrected chi connectivity index (χ0v) is 8.50. The molecule has 0 saturated carbocycles. The summed E-state index contributed by atoms with van der Waals surface area (Å²) in [5.74, 6) is 0.196. The number of rotatable bonds is 6. The van der Waals surface area contributed by atoms with Crippen LogP contribution in [0, 0.1) is 0 Å². The van der Waals surface area contributed by atoms with Crippen LogP contribution in [-0.4, -0.2) is 23.0 Å². The zero-order valence-electron chi connectivity index (χ0n) is 6.86. The first kappa shape index (κ1) is 10.4. The first-order valence-electron chi connectivity index (χ1n) is 4.07. The first-order chi connectivity index (χ1) is 5.75. The van der Waals surface area contributed by atoms with Crippen molar-refractivity contribution in [1.29, 1.82) is 0 Å². The van der Waals surface area contributed by atoms with E-state index >= 15 is 0 Å². The number of hydrogen-bond acceptors (Lipinski definition) is 5. The van der Waals surface area contributed by atoms with Gasteiger partial charge in [-0.1, -0.05) is 28.0 Å². The monoisotopic (exact) mass is 206 g/mol. The molecule has 3 nitrogen and oxygen atoms in total. The van der Waals surface area contributed by atoms with Gasteiger partial charge in [-0.2, -0.15) is 0 Å². The summed E-state index contributed by atoms with van der Waals surface area (Å²) in [6.07, 6.45) is 2.71. The molecule has 1 rings (SSSR count). The van der Waals surface area contributed by atoms with Crippen molar-refractivity contribution in [3.63, 3.8) is 0 Å². The molecule has 0 bridgehead atoms. The SMILES string of the molecule is NCCCC[C@H](N)C(=O)C1SS1. The number of carbonyl (C=O) groups is 1. The Labute approximate surface area is 80.4 Å². The Bertz CT molecular complexity index is 161. The van der Waals surface area contributed by atoms with Crippen molar-refractivity contribution in [2.75, 3.05) is 6.54 Å². The van der Waals surface area contributed by atoms with Crippen molar-refractivity contribution in [1.82, 2.24) is 0 Å². The molecule has 1 aliphatic rings. The Kier molecular flexibility index (Phi) is 4.42. The van der Waals surface area contributed by atoms with Crippen LogP contribution in [0.5, 0.6) is 0 Å². The lowest BCUT2D eigenvalue weighted by Crippen LogP contribution is -2.32. The molecular weight excluding hydrogens is 192 g/mol. The summed E-state index contributed by atoms with van der Waals surface area (Å²) >= 11 is 0. The van der Waals surface area contributed by atoms with Crippen LogP contribution in [0.1, 0.15) is 19.3 Å². The van der Waals surface area contributed by atoms with E-state index in [0.717, 1.165) is 19.3 Å². The topological polar surface area (TPSA) is 69.1 Å². The minimum absolute atomic E-state index is 0.137. The second kappa shape index (κ2) is 5.11. The van der Waals surface area contributed by atoms with Crippen molar-refractivity contribution >= 4 is 27.4 Å². The normalized spacial score (nSPS) is 19.2. The minimum atomic E-state index is -0.260. The van der Waals surface area contributed by atoms with Crippen molar-refractivity contribution in [3.8, 4) is 0 Å². The van der Waals surface area contributed by atoms with E-state index in [2.05, 4.69) is 0 Å². The molecule has 0 amide bonds. The number of Topliss-reactive ketones (excluding diaryl/α,β-unsaturated/α-hetero) is 1. The van der Waals surface area contributed by atoms with Crippen LogP contribution in [0.25, 0.3) is 0 Å². The lowest BCUT2D eigenvalue weighted by Gasteiger charge is -2.07.